The fourth-order valence-corrected chi connectivity index (χ4v) is 7.58. The van der Waals surface area contributed by atoms with Gasteiger partial charge in [-0.25, -0.2) is 4.79 Å². The minimum absolute atomic E-state index is 0.00183. The highest BCUT2D eigenvalue weighted by atomic mass is 32.1. The third-order valence-corrected chi connectivity index (χ3v) is 8.73. The quantitative estimate of drug-likeness (QED) is 0.607. The first kappa shape index (κ1) is 21.2. The van der Waals surface area contributed by atoms with Crippen molar-refractivity contribution in [3.8, 4) is 0 Å². The van der Waals surface area contributed by atoms with Gasteiger partial charge in [0.2, 0.25) is 5.91 Å². The number of benzene rings is 1. The molecule has 2 N–H and O–H groups in total. The first-order chi connectivity index (χ1) is 15.4. The highest BCUT2D eigenvalue weighted by Gasteiger charge is 2.54. The van der Waals surface area contributed by atoms with E-state index in [0.717, 1.165) is 30.6 Å². The van der Waals surface area contributed by atoms with Crippen LogP contribution in [-0.2, 0) is 9.53 Å². The number of ether oxygens (including phenoxy) is 1. The Kier molecular flexibility index (Phi) is 5.32. The van der Waals surface area contributed by atoms with E-state index in [0.29, 0.717) is 38.9 Å². The van der Waals surface area contributed by atoms with E-state index < -0.39 is 5.97 Å². The standard InChI is InChI=1S/C25H28N2O4S/c1-14-19(23(29)31-2)22(32-20(14)21(28)26-18-6-4-3-5-7-18)27-24(30)25-11-15-8-16(12-25)10-17(9-15)13-25/h3-7,15-17H,8-13H2,1-2H3,(H,26,28)(H,27,30). The predicted octanol–water partition coefficient (Wildman–Crippen LogP) is 5.25. The molecule has 0 spiro atoms. The molecule has 0 radical (unpaired) electrons. The SMILES string of the molecule is COC(=O)c1c(NC(=O)C23CC4CC(CC(C4)C2)C3)sc(C(=O)Nc2ccccc2)c1C. The first-order valence-corrected chi connectivity index (χ1v) is 12.1. The molecule has 4 saturated carbocycles. The van der Waals surface area contributed by atoms with E-state index in [1.54, 1.807) is 19.1 Å². The Morgan fingerprint density at radius 2 is 1.56 bits per heavy atom. The molecule has 4 aliphatic rings. The molecule has 0 aliphatic heterocycles. The number of amides is 2. The zero-order valence-electron chi connectivity index (χ0n) is 18.4. The van der Waals surface area contributed by atoms with Gasteiger partial charge in [0, 0.05) is 5.69 Å². The van der Waals surface area contributed by atoms with Crippen molar-refractivity contribution in [1.82, 2.24) is 0 Å². The lowest BCUT2D eigenvalue weighted by atomic mass is 9.49. The number of thiophene rings is 1. The molecule has 4 aliphatic carbocycles. The van der Waals surface area contributed by atoms with E-state index in [1.165, 1.54) is 26.4 Å². The van der Waals surface area contributed by atoms with Crippen LogP contribution in [0.15, 0.2) is 30.3 Å². The van der Waals surface area contributed by atoms with Gasteiger partial charge in [0.05, 0.1) is 23.0 Å². The van der Waals surface area contributed by atoms with Gasteiger partial charge in [-0.1, -0.05) is 18.2 Å². The molecule has 0 unspecified atom stereocenters. The summed E-state index contributed by atoms with van der Waals surface area (Å²) in [7, 11) is 1.31. The first-order valence-electron chi connectivity index (χ1n) is 11.3. The summed E-state index contributed by atoms with van der Waals surface area (Å²) in [6.07, 6.45) is 6.56. The molecule has 6 nitrogen and oxygen atoms in total. The molecule has 1 heterocycles. The minimum atomic E-state index is -0.543. The van der Waals surface area contributed by atoms with E-state index in [9.17, 15) is 14.4 Å². The molecular weight excluding hydrogens is 424 g/mol. The van der Waals surface area contributed by atoms with Gasteiger partial charge in [-0.3, -0.25) is 9.59 Å². The van der Waals surface area contributed by atoms with Gasteiger partial charge in [0.1, 0.15) is 5.00 Å². The van der Waals surface area contributed by atoms with Gasteiger partial charge in [0.15, 0.2) is 0 Å². The lowest BCUT2D eigenvalue weighted by molar-refractivity contribution is -0.140. The predicted molar refractivity (Wildman–Crippen MR) is 124 cm³/mol. The number of hydrogen-bond acceptors (Lipinski definition) is 5. The third-order valence-electron chi connectivity index (χ3n) is 7.52. The van der Waals surface area contributed by atoms with Gasteiger partial charge < -0.3 is 15.4 Å². The second-order valence-electron chi connectivity index (χ2n) is 9.72. The van der Waals surface area contributed by atoms with Crippen LogP contribution in [-0.4, -0.2) is 24.9 Å². The van der Waals surface area contributed by atoms with Crippen LogP contribution in [0.2, 0.25) is 0 Å². The summed E-state index contributed by atoms with van der Waals surface area (Å²) in [6.45, 7) is 1.73. The highest BCUT2D eigenvalue weighted by Crippen LogP contribution is 2.60. The fraction of sp³-hybridized carbons (Fsp3) is 0.480. The van der Waals surface area contributed by atoms with Gasteiger partial charge in [0.25, 0.3) is 5.91 Å². The normalized spacial score (nSPS) is 27.8. The van der Waals surface area contributed by atoms with Crippen LogP contribution < -0.4 is 10.6 Å². The maximum atomic E-state index is 13.6. The van der Waals surface area contributed by atoms with Crippen LogP contribution in [0.25, 0.3) is 0 Å². The number of esters is 1. The van der Waals surface area contributed by atoms with Gasteiger partial charge in [-0.2, -0.15) is 0 Å². The van der Waals surface area contributed by atoms with Crippen molar-refractivity contribution in [3.05, 3.63) is 46.3 Å². The number of carbonyl (C=O) groups is 3. The van der Waals surface area contributed by atoms with Gasteiger partial charge in [-0.05, 0) is 80.9 Å². The molecule has 0 saturated heterocycles. The molecule has 168 valence electrons. The van der Waals surface area contributed by atoms with Crippen LogP contribution in [0.3, 0.4) is 0 Å². The van der Waals surface area contributed by atoms with Crippen LogP contribution >= 0.6 is 11.3 Å². The summed E-state index contributed by atoms with van der Waals surface area (Å²) in [5.41, 5.74) is 1.13. The second-order valence-corrected chi connectivity index (χ2v) is 10.7. The van der Waals surface area contributed by atoms with Crippen molar-refractivity contribution in [1.29, 1.82) is 0 Å². The third kappa shape index (κ3) is 3.62. The molecule has 4 bridgehead atoms. The molecule has 2 amide bonds. The van der Waals surface area contributed by atoms with Crippen molar-refractivity contribution < 1.29 is 19.1 Å². The Balaban J connectivity index is 1.43. The molecule has 0 atom stereocenters. The molecular formula is C25H28N2O4S. The Bertz CT molecular complexity index is 1040. The number of para-hydroxylation sites is 1. The molecule has 4 fully saturated rings. The smallest absolute Gasteiger partial charge is 0.341 e. The number of rotatable bonds is 5. The van der Waals surface area contributed by atoms with Crippen LogP contribution in [0.5, 0.6) is 0 Å². The molecule has 32 heavy (non-hydrogen) atoms. The Morgan fingerprint density at radius 1 is 0.969 bits per heavy atom. The van der Waals surface area contributed by atoms with Crippen molar-refractivity contribution in [2.75, 3.05) is 17.7 Å². The van der Waals surface area contributed by atoms with E-state index in [-0.39, 0.29) is 22.8 Å². The summed E-state index contributed by atoms with van der Waals surface area (Å²) >= 11 is 1.14. The highest BCUT2D eigenvalue weighted by molar-refractivity contribution is 7.19. The minimum Gasteiger partial charge on any atom is -0.465 e. The average molecular weight is 453 g/mol. The average Bonchev–Trinajstić information content (AvgIpc) is 3.09. The van der Waals surface area contributed by atoms with E-state index >= 15 is 0 Å². The van der Waals surface area contributed by atoms with E-state index in [1.807, 2.05) is 18.2 Å². The lowest BCUT2D eigenvalue weighted by Gasteiger charge is -2.55. The summed E-state index contributed by atoms with van der Waals surface area (Å²) in [4.78, 5) is 39.5. The maximum absolute atomic E-state index is 13.6. The van der Waals surface area contributed by atoms with Gasteiger partial charge in [-0.15, -0.1) is 11.3 Å². The summed E-state index contributed by atoms with van der Waals surface area (Å²) in [5, 5.41) is 6.34. The van der Waals surface area contributed by atoms with Crippen LogP contribution in [0.4, 0.5) is 10.7 Å². The Labute approximate surface area is 191 Å². The van der Waals surface area contributed by atoms with Crippen molar-refractivity contribution in [3.63, 3.8) is 0 Å². The number of hydrogen-bond donors (Lipinski definition) is 2. The monoisotopic (exact) mass is 452 g/mol. The number of nitrogens with one attached hydrogen (secondary N) is 2. The van der Waals surface area contributed by atoms with E-state index in [4.69, 9.17) is 4.74 Å². The number of methoxy groups -OCH3 is 1. The summed E-state index contributed by atoms with van der Waals surface area (Å²) in [5.74, 6) is 1.08. The van der Waals surface area contributed by atoms with E-state index in [2.05, 4.69) is 10.6 Å². The Hall–Kier alpha value is -2.67. The largest absolute Gasteiger partial charge is 0.465 e. The van der Waals surface area contributed by atoms with Crippen LogP contribution in [0, 0.1) is 30.1 Å². The number of anilines is 2. The zero-order chi connectivity index (χ0) is 22.5. The summed E-state index contributed by atoms with van der Waals surface area (Å²) < 4.78 is 4.98. The lowest BCUT2D eigenvalue weighted by Crippen LogP contribution is -2.51. The second kappa shape index (κ2) is 8.03. The zero-order valence-corrected chi connectivity index (χ0v) is 19.2. The van der Waals surface area contributed by atoms with Crippen molar-refractivity contribution in [2.24, 2.45) is 23.2 Å². The molecule has 2 aromatic rings. The van der Waals surface area contributed by atoms with Crippen molar-refractivity contribution >= 4 is 39.8 Å². The molecule has 1 aromatic heterocycles. The number of carbonyl (C=O) groups excluding carboxylic acids is 3. The summed E-state index contributed by atoms with van der Waals surface area (Å²) in [6, 6.07) is 9.16. The van der Waals surface area contributed by atoms with Crippen LogP contribution in [0.1, 0.15) is 64.1 Å². The van der Waals surface area contributed by atoms with Crippen molar-refractivity contribution in [2.45, 2.75) is 45.4 Å². The molecule has 6 rings (SSSR count). The Morgan fingerprint density at radius 3 is 2.12 bits per heavy atom. The molecule has 1 aromatic carbocycles. The fourth-order valence-electron chi connectivity index (χ4n) is 6.50. The maximum Gasteiger partial charge on any atom is 0.341 e. The van der Waals surface area contributed by atoms with Gasteiger partial charge >= 0.3 is 5.97 Å². The topological polar surface area (TPSA) is 84.5 Å². The molecule has 7 heteroatoms.